The van der Waals surface area contributed by atoms with Crippen molar-refractivity contribution in [2.24, 2.45) is 22.7 Å². The van der Waals surface area contributed by atoms with Crippen molar-refractivity contribution in [3.05, 3.63) is 22.8 Å². The van der Waals surface area contributed by atoms with Gasteiger partial charge in [-0.15, -0.1) is 0 Å². The highest BCUT2D eigenvalue weighted by molar-refractivity contribution is 5.94. The van der Waals surface area contributed by atoms with Crippen LogP contribution in [0.25, 0.3) is 0 Å². The quantitative estimate of drug-likeness (QED) is 0.0913. The minimum absolute atomic E-state index is 0.113. The number of ketones is 2. The topological polar surface area (TPSA) is 359 Å². The number of ether oxygens (including phenoxy) is 7. The Balaban J connectivity index is 1.08. The summed E-state index contributed by atoms with van der Waals surface area (Å²) in [6.45, 7) is 13.1. The van der Waals surface area contributed by atoms with E-state index in [1.807, 2.05) is 13.8 Å². The van der Waals surface area contributed by atoms with E-state index in [0.717, 1.165) is 0 Å². The largest absolute Gasteiger partial charge is 0.504 e. The number of hydrogen-bond donors (Lipinski definition) is 12. The summed E-state index contributed by atoms with van der Waals surface area (Å²) in [6, 6.07) is 1.47. The van der Waals surface area contributed by atoms with Crippen LogP contribution in [-0.2, 0) is 54.6 Å². The summed E-state index contributed by atoms with van der Waals surface area (Å²) in [6.07, 6.45) is -25.4. The number of aliphatic hydroxyl groups is 11. The van der Waals surface area contributed by atoms with Gasteiger partial charge < -0.3 is 94.4 Å². The first-order valence-corrected chi connectivity index (χ1v) is 24.4. The van der Waals surface area contributed by atoms with Gasteiger partial charge in [-0.2, -0.15) is 0 Å². The van der Waals surface area contributed by atoms with Gasteiger partial charge in [0.15, 0.2) is 29.9 Å². The van der Waals surface area contributed by atoms with Gasteiger partial charge in [-0.3, -0.25) is 14.4 Å². The second-order valence-corrected chi connectivity index (χ2v) is 22.2. The fourth-order valence-electron chi connectivity index (χ4n) is 13.1. The molecular formula is C49H74O22. The van der Waals surface area contributed by atoms with Crippen LogP contribution in [0, 0.1) is 29.6 Å². The van der Waals surface area contributed by atoms with Crippen LogP contribution in [0.5, 0.6) is 11.5 Å². The maximum atomic E-state index is 15.0. The molecular weight excluding hydrogens is 941 g/mol. The van der Waals surface area contributed by atoms with E-state index in [-0.39, 0.29) is 43.0 Å². The van der Waals surface area contributed by atoms with Gasteiger partial charge in [-0.25, -0.2) is 0 Å². The smallest absolute Gasteiger partial charge is 0.303 e. The molecule has 0 unspecified atom stereocenters. The zero-order valence-corrected chi connectivity index (χ0v) is 41.6. The Kier molecular flexibility index (Phi) is 15.6. The molecule has 3 saturated heterocycles. The molecule has 2 saturated carbocycles. The van der Waals surface area contributed by atoms with Crippen LogP contribution in [0.3, 0.4) is 0 Å². The van der Waals surface area contributed by atoms with Crippen molar-refractivity contribution in [3.8, 4) is 11.5 Å². The lowest BCUT2D eigenvalue weighted by atomic mass is 9.41. The van der Waals surface area contributed by atoms with Crippen molar-refractivity contribution in [1.82, 2.24) is 0 Å². The molecule has 22 heteroatoms. The molecule has 0 radical (unpaired) electrons. The maximum absolute atomic E-state index is 15.0. The molecule has 3 heterocycles. The SMILES string of the molecule is CC(=O)OC(C)(C)CCC(=O)[C@](C)(O)[C@H]1[C@H](O)C[C@@]2(C)[C@@H]3CCc4c(cc(O[C@@H]5O[C@H](CO[C@@H]6O[C@H](CO)[C@@H](O[C@@H]7O[C@@H](C)[C@H](O)[C@@H](O)[C@H]7O)[C@H](O)[C@H]6O)[C@@H](O)[C@H](O)[C@H]5O)c(O)c4C)[C@]3(C)C(=O)C[C@]12C. The zero-order valence-electron chi connectivity index (χ0n) is 41.6. The average molecular weight is 1020 g/mol. The van der Waals surface area contributed by atoms with Crippen molar-refractivity contribution < 1.29 is 109 Å². The summed E-state index contributed by atoms with van der Waals surface area (Å²) < 4.78 is 39.8. The number of Topliss-reactive ketones (excluding diaryl/α,β-unsaturated/α-hetero) is 2. The average Bonchev–Trinajstić information content (AvgIpc) is 3.50. The summed E-state index contributed by atoms with van der Waals surface area (Å²) in [4.78, 5) is 40.6. The van der Waals surface area contributed by atoms with Crippen LogP contribution in [0.1, 0.15) is 104 Å². The summed E-state index contributed by atoms with van der Waals surface area (Å²) in [7, 11) is 0. The molecule has 0 spiro atoms. The predicted molar refractivity (Wildman–Crippen MR) is 241 cm³/mol. The Morgan fingerprint density at radius 1 is 0.817 bits per heavy atom. The molecule has 1 aromatic rings. The Morgan fingerprint density at radius 2 is 1.42 bits per heavy atom. The molecule has 12 N–H and O–H groups in total. The molecule has 6 aliphatic rings. The molecule has 5 fully saturated rings. The molecule has 3 aliphatic heterocycles. The number of hydrogen-bond acceptors (Lipinski definition) is 22. The number of carbonyl (C=O) groups is 3. The molecule has 7 rings (SSSR count). The standard InChI is InChI=1S/C49H74O22/c1-19-22-10-11-28-46(6)15-24(52)41(49(9,64)29(53)12-13-45(4,5)71-21(3)51)47(46,7)16-30(54)48(28,8)23(22)14-25(31(19)55)67-44-38(62)35(59)33(57)27(69-44)18-65-42-39(63)36(60)40(26(17-50)68-42)70-43-37(61)34(58)32(56)20(2)66-43/h14,20,24,26-28,32-44,50,52,55-64H,10-13,15-18H2,1-9H3/t20-,24+,26+,27+,28-,32-,33+,34+,35-,36+,37+,38+,39+,40+,41-,42+,43-,44+,46-,47+,48-,49-/m0/s1. The molecule has 3 aliphatic carbocycles. The van der Waals surface area contributed by atoms with E-state index in [0.29, 0.717) is 29.5 Å². The number of phenolic OH excluding ortho intramolecular Hbond substituents is 1. The normalized spacial score (nSPS) is 44.5. The Bertz CT molecular complexity index is 2150. The summed E-state index contributed by atoms with van der Waals surface area (Å²) in [5.74, 6) is -3.43. The second kappa shape index (κ2) is 19.9. The van der Waals surface area contributed by atoms with Crippen molar-refractivity contribution >= 4 is 17.5 Å². The van der Waals surface area contributed by atoms with Crippen LogP contribution in [0.4, 0.5) is 0 Å². The van der Waals surface area contributed by atoms with Gasteiger partial charge in [-0.1, -0.05) is 13.8 Å². The first-order chi connectivity index (χ1) is 32.9. The molecule has 1 aromatic carbocycles. The number of rotatable bonds is 14. The number of carbonyl (C=O) groups excluding carboxylic acids is 3. The molecule has 71 heavy (non-hydrogen) atoms. The van der Waals surface area contributed by atoms with Gasteiger partial charge in [0.2, 0.25) is 6.29 Å². The molecule has 402 valence electrons. The van der Waals surface area contributed by atoms with E-state index in [2.05, 4.69) is 0 Å². The molecule has 0 amide bonds. The lowest BCUT2D eigenvalue weighted by molar-refractivity contribution is -0.361. The highest BCUT2D eigenvalue weighted by atomic mass is 16.8. The van der Waals surface area contributed by atoms with Gasteiger partial charge in [0, 0.05) is 25.7 Å². The third-order valence-electron chi connectivity index (χ3n) is 17.3. The predicted octanol–water partition coefficient (Wildman–Crippen LogP) is -1.82. The van der Waals surface area contributed by atoms with Crippen LogP contribution in [0.15, 0.2) is 6.07 Å². The lowest BCUT2D eigenvalue weighted by Crippen LogP contribution is -2.64. The van der Waals surface area contributed by atoms with Crippen molar-refractivity contribution in [3.63, 3.8) is 0 Å². The molecule has 22 nitrogen and oxygen atoms in total. The van der Waals surface area contributed by atoms with Gasteiger partial charge in [0.05, 0.1) is 30.8 Å². The van der Waals surface area contributed by atoms with E-state index >= 15 is 0 Å². The van der Waals surface area contributed by atoms with Gasteiger partial charge in [0.1, 0.15) is 84.1 Å². The Hall–Kier alpha value is -3.01. The summed E-state index contributed by atoms with van der Waals surface area (Å²) in [5.41, 5.74) is -4.71. The van der Waals surface area contributed by atoms with Crippen LogP contribution >= 0.6 is 0 Å². The first-order valence-electron chi connectivity index (χ1n) is 24.4. The van der Waals surface area contributed by atoms with E-state index in [4.69, 9.17) is 33.2 Å². The van der Waals surface area contributed by atoms with Crippen LogP contribution in [0.2, 0.25) is 0 Å². The monoisotopic (exact) mass is 1010 g/mol. The molecule has 0 aromatic heterocycles. The highest BCUT2D eigenvalue weighted by Crippen LogP contribution is 2.72. The summed E-state index contributed by atoms with van der Waals surface area (Å²) in [5, 5.41) is 132. The van der Waals surface area contributed by atoms with Crippen LogP contribution < -0.4 is 4.74 Å². The Morgan fingerprint density at radius 3 is 2.06 bits per heavy atom. The number of esters is 1. The third-order valence-corrected chi connectivity index (χ3v) is 17.3. The minimum Gasteiger partial charge on any atom is -0.504 e. The Labute approximate surface area is 411 Å². The van der Waals surface area contributed by atoms with E-state index in [1.165, 1.54) is 26.8 Å². The van der Waals surface area contributed by atoms with E-state index < -0.39 is 162 Å². The second-order valence-electron chi connectivity index (χ2n) is 22.2. The van der Waals surface area contributed by atoms with Gasteiger partial charge in [0.25, 0.3) is 0 Å². The number of fused-ring (bicyclic) bond motifs is 5. The third kappa shape index (κ3) is 9.45. The molecule has 22 atom stereocenters. The fourth-order valence-corrected chi connectivity index (χ4v) is 13.1. The lowest BCUT2D eigenvalue weighted by Gasteiger charge is -2.61. The highest BCUT2D eigenvalue weighted by Gasteiger charge is 2.73. The van der Waals surface area contributed by atoms with Crippen molar-refractivity contribution in [2.45, 2.75) is 216 Å². The minimum atomic E-state index is -2.07. The number of aliphatic hydroxyl groups excluding tert-OH is 10. The zero-order chi connectivity index (χ0) is 52.8. The molecule has 0 bridgehead atoms. The van der Waals surface area contributed by atoms with Crippen LogP contribution in [-0.4, -0.2) is 201 Å². The van der Waals surface area contributed by atoms with E-state index in [1.54, 1.807) is 27.7 Å². The van der Waals surface area contributed by atoms with Gasteiger partial charge in [-0.05, 0) is 107 Å². The van der Waals surface area contributed by atoms with Crippen molar-refractivity contribution in [2.75, 3.05) is 13.2 Å². The van der Waals surface area contributed by atoms with Crippen molar-refractivity contribution in [1.29, 1.82) is 0 Å². The fraction of sp³-hybridized carbons (Fsp3) is 0.816. The van der Waals surface area contributed by atoms with E-state index in [9.17, 15) is 75.7 Å². The maximum Gasteiger partial charge on any atom is 0.303 e. The summed E-state index contributed by atoms with van der Waals surface area (Å²) >= 11 is 0. The number of phenols is 1. The number of benzene rings is 1. The number of aromatic hydroxyl groups is 1. The first kappa shape index (κ1) is 55.7. The van der Waals surface area contributed by atoms with Gasteiger partial charge >= 0.3 is 5.97 Å².